The Hall–Kier alpha value is -0.320. The fraction of sp³-hybridized carbons (Fsp3) is 0.571. The van der Waals surface area contributed by atoms with Gasteiger partial charge in [0.05, 0.1) is 10.0 Å². The molecule has 0 atom stereocenters. The van der Waals surface area contributed by atoms with Gasteiger partial charge in [0.25, 0.3) is 0 Å². The van der Waals surface area contributed by atoms with E-state index in [4.69, 9.17) is 23.2 Å². The molecule has 0 aromatic heterocycles. The molecule has 3 nitrogen and oxygen atoms in total. The largest absolute Gasteiger partial charge is 0.314 e. The zero-order valence-corrected chi connectivity index (χ0v) is 12.4. The normalized spacial score (nSPS) is 22.4. The summed E-state index contributed by atoms with van der Waals surface area (Å²) in [7, 11) is 0. The van der Waals surface area contributed by atoms with Gasteiger partial charge in [0.1, 0.15) is 0 Å². The lowest BCUT2D eigenvalue weighted by Gasteiger charge is -2.47. The summed E-state index contributed by atoms with van der Waals surface area (Å²) in [6.45, 7) is 7.79. The molecule has 2 aliphatic heterocycles. The first-order valence-electron chi connectivity index (χ1n) is 6.84. The molecule has 0 bridgehead atoms. The van der Waals surface area contributed by atoms with Crippen molar-refractivity contribution in [1.29, 1.82) is 0 Å². The van der Waals surface area contributed by atoms with Gasteiger partial charge in [-0.15, -0.1) is 0 Å². The fourth-order valence-corrected chi connectivity index (χ4v) is 3.24. The van der Waals surface area contributed by atoms with Gasteiger partial charge in [-0.2, -0.15) is 0 Å². The van der Waals surface area contributed by atoms with E-state index in [0.29, 0.717) is 10.0 Å². The molecule has 5 heteroatoms. The second-order valence-corrected chi connectivity index (χ2v) is 6.13. The molecule has 1 aromatic carbocycles. The molecule has 0 radical (unpaired) electrons. The second kappa shape index (κ2) is 5.98. The average molecular weight is 300 g/mol. The van der Waals surface area contributed by atoms with Crippen LogP contribution in [0.3, 0.4) is 0 Å². The minimum Gasteiger partial charge on any atom is -0.314 e. The number of halogens is 2. The number of hydrogen-bond acceptors (Lipinski definition) is 3. The maximum absolute atomic E-state index is 6.23. The van der Waals surface area contributed by atoms with Crippen LogP contribution in [0.25, 0.3) is 0 Å². The Balaban J connectivity index is 1.52. The van der Waals surface area contributed by atoms with Crippen LogP contribution in [0.4, 0.5) is 0 Å². The average Bonchev–Trinajstić information content (AvgIpc) is 2.39. The molecule has 2 fully saturated rings. The van der Waals surface area contributed by atoms with Gasteiger partial charge < -0.3 is 5.32 Å². The molecule has 0 unspecified atom stereocenters. The summed E-state index contributed by atoms with van der Waals surface area (Å²) >= 11 is 12.3. The van der Waals surface area contributed by atoms with Crippen LogP contribution < -0.4 is 5.32 Å². The first-order chi connectivity index (χ1) is 9.24. The molecule has 3 rings (SSSR count). The Labute approximate surface area is 124 Å². The Morgan fingerprint density at radius 1 is 1.16 bits per heavy atom. The van der Waals surface area contributed by atoms with E-state index in [1.54, 1.807) is 0 Å². The number of likely N-dealkylation sites (tertiary alicyclic amines) is 1. The number of nitrogens with zero attached hydrogens (tertiary/aromatic N) is 2. The quantitative estimate of drug-likeness (QED) is 0.922. The summed E-state index contributed by atoms with van der Waals surface area (Å²) in [5.74, 6) is 0. The van der Waals surface area contributed by atoms with E-state index in [-0.39, 0.29) is 0 Å². The third-order valence-electron chi connectivity index (χ3n) is 4.03. The van der Waals surface area contributed by atoms with Crippen LogP contribution in [0.1, 0.15) is 5.56 Å². The lowest BCUT2D eigenvalue weighted by molar-refractivity contribution is 0.0223. The van der Waals surface area contributed by atoms with Crippen molar-refractivity contribution in [2.24, 2.45) is 0 Å². The van der Waals surface area contributed by atoms with Gasteiger partial charge in [-0.05, 0) is 11.6 Å². The van der Waals surface area contributed by atoms with Crippen molar-refractivity contribution in [3.05, 3.63) is 33.8 Å². The van der Waals surface area contributed by atoms with Gasteiger partial charge in [0.2, 0.25) is 0 Å². The summed E-state index contributed by atoms with van der Waals surface area (Å²) in [6, 6.07) is 6.59. The van der Waals surface area contributed by atoms with E-state index in [2.05, 4.69) is 21.2 Å². The monoisotopic (exact) mass is 299 g/mol. The van der Waals surface area contributed by atoms with E-state index in [0.717, 1.165) is 44.3 Å². The van der Waals surface area contributed by atoms with E-state index >= 15 is 0 Å². The summed E-state index contributed by atoms with van der Waals surface area (Å²) in [5.41, 5.74) is 1.13. The van der Waals surface area contributed by atoms with Gasteiger partial charge in [-0.1, -0.05) is 35.3 Å². The van der Waals surface area contributed by atoms with E-state index < -0.39 is 0 Å². The van der Waals surface area contributed by atoms with Crippen molar-refractivity contribution in [2.45, 2.75) is 12.6 Å². The maximum Gasteiger partial charge on any atom is 0.0637 e. The predicted molar refractivity (Wildman–Crippen MR) is 80.0 cm³/mol. The number of hydrogen-bond donors (Lipinski definition) is 1. The van der Waals surface area contributed by atoms with Crippen LogP contribution in [0, 0.1) is 0 Å². The molecule has 1 aromatic rings. The minimum atomic E-state index is 0.651. The third kappa shape index (κ3) is 3.06. The van der Waals surface area contributed by atoms with Gasteiger partial charge in [-0.3, -0.25) is 9.80 Å². The number of benzene rings is 1. The fourth-order valence-electron chi connectivity index (χ4n) is 2.86. The Kier molecular flexibility index (Phi) is 4.30. The van der Waals surface area contributed by atoms with Crippen molar-refractivity contribution in [2.75, 3.05) is 39.3 Å². The zero-order chi connectivity index (χ0) is 13.2. The van der Waals surface area contributed by atoms with Crippen molar-refractivity contribution in [3.8, 4) is 0 Å². The Morgan fingerprint density at radius 2 is 1.89 bits per heavy atom. The van der Waals surface area contributed by atoms with E-state index in [1.165, 1.54) is 13.1 Å². The molecule has 104 valence electrons. The highest BCUT2D eigenvalue weighted by Crippen LogP contribution is 2.28. The Bertz CT molecular complexity index is 440. The molecule has 0 spiro atoms. The van der Waals surface area contributed by atoms with Crippen LogP contribution in [0.2, 0.25) is 10.0 Å². The summed E-state index contributed by atoms with van der Waals surface area (Å²) in [5, 5.41) is 4.75. The number of rotatable bonds is 3. The highest BCUT2D eigenvalue weighted by Gasteiger charge is 2.32. The molecule has 0 aliphatic carbocycles. The van der Waals surface area contributed by atoms with Crippen LogP contribution in [0.15, 0.2) is 18.2 Å². The molecule has 19 heavy (non-hydrogen) atoms. The van der Waals surface area contributed by atoms with Crippen LogP contribution in [0.5, 0.6) is 0 Å². The highest BCUT2D eigenvalue weighted by atomic mass is 35.5. The summed E-state index contributed by atoms with van der Waals surface area (Å²) in [4.78, 5) is 5.02. The second-order valence-electron chi connectivity index (χ2n) is 5.35. The molecule has 0 saturated carbocycles. The molecule has 1 N–H and O–H groups in total. The zero-order valence-electron chi connectivity index (χ0n) is 10.9. The summed E-state index contributed by atoms with van der Waals surface area (Å²) in [6.07, 6.45) is 0. The highest BCUT2D eigenvalue weighted by molar-refractivity contribution is 6.42. The first kappa shape index (κ1) is 13.7. The standard InChI is InChI=1S/C14H19Cl2N3/c15-13-3-1-2-11(14(13)16)8-18-9-12(10-18)19-6-4-17-5-7-19/h1-3,12,17H,4-10H2. The SMILES string of the molecule is Clc1cccc(CN2CC(N3CCNCC3)C2)c1Cl. The maximum atomic E-state index is 6.23. The first-order valence-corrected chi connectivity index (χ1v) is 7.59. The number of piperazine rings is 1. The molecular weight excluding hydrogens is 281 g/mol. The lowest BCUT2D eigenvalue weighted by Crippen LogP contribution is -2.62. The molecule has 0 amide bonds. The third-order valence-corrected chi connectivity index (χ3v) is 4.89. The van der Waals surface area contributed by atoms with Gasteiger partial charge in [-0.25, -0.2) is 0 Å². The van der Waals surface area contributed by atoms with Gasteiger partial charge in [0, 0.05) is 51.9 Å². The van der Waals surface area contributed by atoms with Gasteiger partial charge in [0.15, 0.2) is 0 Å². The summed E-state index contributed by atoms with van der Waals surface area (Å²) < 4.78 is 0. The van der Waals surface area contributed by atoms with Crippen LogP contribution in [-0.2, 0) is 6.54 Å². The van der Waals surface area contributed by atoms with E-state index in [1.807, 2.05) is 12.1 Å². The molecular formula is C14H19Cl2N3. The molecule has 2 saturated heterocycles. The molecule has 2 heterocycles. The predicted octanol–water partition coefficient (Wildman–Crippen LogP) is 2.08. The smallest absolute Gasteiger partial charge is 0.0637 e. The van der Waals surface area contributed by atoms with Gasteiger partial charge >= 0.3 is 0 Å². The topological polar surface area (TPSA) is 18.5 Å². The van der Waals surface area contributed by atoms with Crippen molar-refractivity contribution < 1.29 is 0 Å². The van der Waals surface area contributed by atoms with Crippen molar-refractivity contribution in [1.82, 2.24) is 15.1 Å². The minimum absolute atomic E-state index is 0.651. The van der Waals surface area contributed by atoms with Crippen LogP contribution in [-0.4, -0.2) is 55.1 Å². The van der Waals surface area contributed by atoms with Crippen molar-refractivity contribution in [3.63, 3.8) is 0 Å². The van der Waals surface area contributed by atoms with Crippen LogP contribution >= 0.6 is 23.2 Å². The molecule has 2 aliphatic rings. The van der Waals surface area contributed by atoms with E-state index in [9.17, 15) is 0 Å². The Morgan fingerprint density at radius 3 is 2.63 bits per heavy atom. The van der Waals surface area contributed by atoms with Crippen molar-refractivity contribution >= 4 is 23.2 Å². The lowest BCUT2D eigenvalue weighted by atomic mass is 10.0. The number of nitrogens with one attached hydrogen (secondary N) is 1.